The molecule has 4 rings (SSSR count). The Morgan fingerprint density at radius 3 is 2.89 bits per heavy atom. The van der Waals surface area contributed by atoms with Gasteiger partial charge in [-0.1, -0.05) is 18.2 Å². The molecule has 1 fully saturated rings. The highest BCUT2D eigenvalue weighted by Gasteiger charge is 2.65. The van der Waals surface area contributed by atoms with Crippen molar-refractivity contribution in [1.82, 2.24) is 5.32 Å². The van der Waals surface area contributed by atoms with Crippen molar-refractivity contribution in [1.29, 1.82) is 0 Å². The molecular weight excluding hydrogens is 230 g/mol. The van der Waals surface area contributed by atoms with Gasteiger partial charge in [0.05, 0.1) is 5.41 Å². The molecule has 1 aromatic rings. The van der Waals surface area contributed by atoms with Gasteiger partial charge in [-0.15, -0.1) is 0 Å². The maximum absolute atomic E-state index is 12.4. The van der Waals surface area contributed by atoms with Gasteiger partial charge < -0.3 is 0 Å². The van der Waals surface area contributed by atoms with Gasteiger partial charge in [-0.05, 0) is 30.4 Å². The van der Waals surface area contributed by atoms with E-state index >= 15 is 0 Å². The smallest absolute Gasteiger partial charge is 0.238 e. The van der Waals surface area contributed by atoms with Crippen LogP contribution < -0.4 is 5.32 Å². The molecule has 0 aromatic heterocycles. The summed E-state index contributed by atoms with van der Waals surface area (Å²) < 4.78 is 0. The number of carbonyl (C=O) groups is 3. The molecule has 18 heavy (non-hydrogen) atoms. The minimum absolute atomic E-state index is 0.183. The number of nitrogens with one attached hydrogen (secondary N) is 1. The molecule has 2 atom stereocenters. The Kier molecular flexibility index (Phi) is 1.60. The van der Waals surface area contributed by atoms with Gasteiger partial charge in [0.1, 0.15) is 5.92 Å². The number of carbonyl (C=O) groups excluding carboxylic acids is 3. The Balaban J connectivity index is 2.12. The van der Waals surface area contributed by atoms with E-state index in [1.807, 2.05) is 12.1 Å². The number of hydrogen-bond donors (Lipinski definition) is 1. The van der Waals surface area contributed by atoms with Crippen LogP contribution in [0.3, 0.4) is 0 Å². The van der Waals surface area contributed by atoms with Crippen LogP contribution in [0, 0.1) is 5.92 Å². The van der Waals surface area contributed by atoms with Crippen molar-refractivity contribution < 1.29 is 14.4 Å². The van der Waals surface area contributed by atoms with Gasteiger partial charge in [-0.25, -0.2) is 0 Å². The molecule has 0 radical (unpaired) electrons. The van der Waals surface area contributed by atoms with E-state index in [0.717, 1.165) is 24.0 Å². The molecule has 1 N–H and O–H groups in total. The standard InChI is InChI=1S/C14H11NO3/c16-11-8-5-1-3-7-4-2-6-14(9(7)8)10(11)12(17)15-13(14)18/h1,3,5,10H,2,4,6H2,(H,15,17,18)/t10-,14-/m0/s1. The van der Waals surface area contributed by atoms with Gasteiger partial charge in [0.25, 0.3) is 0 Å². The first-order valence-electron chi connectivity index (χ1n) is 6.18. The number of amides is 2. The molecule has 90 valence electrons. The lowest BCUT2D eigenvalue weighted by molar-refractivity contribution is -0.126. The first kappa shape index (κ1) is 10.00. The predicted octanol–water partition coefficient (Wildman–Crippen LogP) is 0.730. The number of imide groups is 1. The van der Waals surface area contributed by atoms with Gasteiger partial charge in [-0.3, -0.25) is 19.7 Å². The van der Waals surface area contributed by atoms with Crippen molar-refractivity contribution in [2.24, 2.45) is 5.92 Å². The van der Waals surface area contributed by atoms with Crippen LogP contribution in [0.1, 0.15) is 34.3 Å². The van der Waals surface area contributed by atoms with Crippen LogP contribution in [-0.4, -0.2) is 17.6 Å². The second-order valence-corrected chi connectivity index (χ2v) is 5.28. The van der Waals surface area contributed by atoms with E-state index in [1.165, 1.54) is 0 Å². The van der Waals surface area contributed by atoms with Crippen molar-refractivity contribution >= 4 is 17.6 Å². The zero-order valence-electron chi connectivity index (χ0n) is 9.66. The summed E-state index contributed by atoms with van der Waals surface area (Å²) in [7, 11) is 0. The molecule has 1 heterocycles. The van der Waals surface area contributed by atoms with E-state index in [4.69, 9.17) is 0 Å². The Morgan fingerprint density at radius 2 is 2.06 bits per heavy atom. The maximum atomic E-state index is 12.4. The zero-order chi connectivity index (χ0) is 12.5. The van der Waals surface area contributed by atoms with E-state index < -0.39 is 17.2 Å². The van der Waals surface area contributed by atoms with Gasteiger partial charge in [0, 0.05) is 5.56 Å². The lowest BCUT2D eigenvalue weighted by Crippen LogP contribution is -2.40. The quantitative estimate of drug-likeness (QED) is 0.538. The molecular formula is C14H11NO3. The van der Waals surface area contributed by atoms with Crippen molar-refractivity contribution in [3.05, 3.63) is 34.9 Å². The number of ketones is 1. The normalized spacial score (nSPS) is 32.2. The Bertz CT molecular complexity index is 634. The van der Waals surface area contributed by atoms with Crippen molar-refractivity contribution in [3.8, 4) is 0 Å². The van der Waals surface area contributed by atoms with Crippen LogP contribution >= 0.6 is 0 Å². The molecule has 0 saturated carbocycles. The van der Waals surface area contributed by atoms with Gasteiger partial charge in [0.2, 0.25) is 11.8 Å². The second-order valence-electron chi connectivity index (χ2n) is 5.28. The van der Waals surface area contributed by atoms with Crippen LogP contribution in [0.5, 0.6) is 0 Å². The van der Waals surface area contributed by atoms with E-state index in [-0.39, 0.29) is 11.7 Å². The fraction of sp³-hybridized carbons (Fsp3) is 0.357. The summed E-state index contributed by atoms with van der Waals surface area (Å²) in [6, 6.07) is 5.55. The van der Waals surface area contributed by atoms with E-state index in [2.05, 4.69) is 5.32 Å². The maximum Gasteiger partial charge on any atom is 0.238 e. The number of hydrogen-bond acceptors (Lipinski definition) is 3. The molecule has 4 heteroatoms. The minimum Gasteiger partial charge on any atom is -0.295 e. The molecule has 0 bridgehead atoms. The Labute approximate surface area is 103 Å². The van der Waals surface area contributed by atoms with Crippen LogP contribution in [0.15, 0.2) is 18.2 Å². The Morgan fingerprint density at radius 1 is 1.22 bits per heavy atom. The molecule has 2 amide bonds. The predicted molar refractivity (Wildman–Crippen MR) is 62.0 cm³/mol. The number of aryl methyl sites for hydroxylation is 1. The first-order chi connectivity index (χ1) is 8.66. The average Bonchev–Trinajstić information content (AvgIpc) is 2.76. The summed E-state index contributed by atoms with van der Waals surface area (Å²) in [5, 5.41) is 2.34. The van der Waals surface area contributed by atoms with Crippen LogP contribution in [0.2, 0.25) is 0 Å². The summed E-state index contributed by atoms with van der Waals surface area (Å²) in [5.74, 6) is -1.70. The second kappa shape index (κ2) is 2.88. The highest BCUT2D eigenvalue weighted by Crippen LogP contribution is 2.53. The van der Waals surface area contributed by atoms with Crippen LogP contribution in [-0.2, 0) is 21.4 Å². The highest BCUT2D eigenvalue weighted by atomic mass is 16.2. The fourth-order valence-corrected chi connectivity index (χ4v) is 3.89. The molecule has 4 nitrogen and oxygen atoms in total. The third-order valence-electron chi connectivity index (χ3n) is 4.54. The molecule has 1 saturated heterocycles. The summed E-state index contributed by atoms with van der Waals surface area (Å²) in [5.41, 5.74) is 1.58. The summed E-state index contributed by atoms with van der Waals surface area (Å²) in [4.78, 5) is 36.5. The van der Waals surface area contributed by atoms with Crippen molar-refractivity contribution in [3.63, 3.8) is 0 Å². The van der Waals surface area contributed by atoms with Crippen LogP contribution in [0.25, 0.3) is 0 Å². The van der Waals surface area contributed by atoms with E-state index in [0.29, 0.717) is 12.0 Å². The van der Waals surface area contributed by atoms with Crippen molar-refractivity contribution in [2.75, 3.05) is 0 Å². The lowest BCUT2D eigenvalue weighted by Gasteiger charge is -2.31. The fourth-order valence-electron chi connectivity index (χ4n) is 3.89. The van der Waals surface area contributed by atoms with Gasteiger partial charge in [0.15, 0.2) is 5.78 Å². The Hall–Kier alpha value is -1.97. The third kappa shape index (κ3) is 0.847. The monoisotopic (exact) mass is 241 g/mol. The molecule has 2 aliphatic carbocycles. The lowest BCUT2D eigenvalue weighted by atomic mass is 9.67. The summed E-state index contributed by atoms with van der Waals surface area (Å²) in [6.45, 7) is 0. The minimum atomic E-state index is -0.891. The van der Waals surface area contributed by atoms with Crippen LogP contribution in [0.4, 0.5) is 0 Å². The number of benzene rings is 1. The topological polar surface area (TPSA) is 63.2 Å². The summed E-state index contributed by atoms with van der Waals surface area (Å²) >= 11 is 0. The molecule has 1 aliphatic heterocycles. The molecule has 0 unspecified atom stereocenters. The third-order valence-corrected chi connectivity index (χ3v) is 4.54. The zero-order valence-corrected chi connectivity index (χ0v) is 9.66. The van der Waals surface area contributed by atoms with Crippen molar-refractivity contribution in [2.45, 2.75) is 24.7 Å². The summed E-state index contributed by atoms with van der Waals surface area (Å²) in [6.07, 6.45) is 2.33. The number of rotatable bonds is 0. The highest BCUT2D eigenvalue weighted by molar-refractivity contribution is 6.27. The first-order valence-corrected chi connectivity index (χ1v) is 6.18. The van der Waals surface area contributed by atoms with E-state index in [1.54, 1.807) is 6.07 Å². The largest absolute Gasteiger partial charge is 0.295 e. The number of Topliss-reactive ketones (excluding diaryl/α,β-unsaturated/α-hetero) is 1. The molecule has 1 aromatic carbocycles. The van der Waals surface area contributed by atoms with E-state index in [9.17, 15) is 14.4 Å². The SMILES string of the molecule is O=C1NC(=O)[C@@]23CCCc4cccc(c42)C(=O)[C@@H]13. The molecule has 1 spiro atoms. The molecule has 3 aliphatic rings. The van der Waals surface area contributed by atoms with Gasteiger partial charge in [-0.2, -0.15) is 0 Å². The van der Waals surface area contributed by atoms with Gasteiger partial charge >= 0.3 is 0 Å². The average molecular weight is 241 g/mol.